The molecule has 8 heteroatoms. The maximum absolute atomic E-state index is 6.78. The second-order valence-electron chi connectivity index (χ2n) is 16.6. The first-order valence-corrected chi connectivity index (χ1v) is 31.1. The molecule has 0 aliphatic carbocycles. The monoisotopic (exact) mass is 709 g/mol. The van der Waals surface area contributed by atoms with Crippen molar-refractivity contribution in [3.05, 3.63) is 42.5 Å². The van der Waals surface area contributed by atoms with Gasteiger partial charge in [-0.3, -0.25) is 0 Å². The van der Waals surface area contributed by atoms with Crippen molar-refractivity contribution in [2.75, 3.05) is 0 Å². The fourth-order valence-corrected chi connectivity index (χ4v) is 44.0. The van der Waals surface area contributed by atoms with Crippen molar-refractivity contribution >= 4 is 72.8 Å². The van der Waals surface area contributed by atoms with Gasteiger partial charge in [0.25, 0.3) is 0 Å². The molecule has 1 aromatic rings. The number of rotatable bonds is 6. The van der Waals surface area contributed by atoms with Gasteiger partial charge in [-0.1, -0.05) is 172 Å². The molecule has 0 saturated heterocycles. The summed E-state index contributed by atoms with van der Waals surface area (Å²) in [6.45, 7) is 52.2. The Balaban J connectivity index is -0.000000751. The molecular formula is C32H67GeOSi6. The van der Waals surface area contributed by atoms with Crippen LogP contribution in [0.15, 0.2) is 36.9 Å². The largest absolute Gasteiger partial charge is 0.549 e. The molecular weight excluding hydrogens is 641 g/mol. The first-order valence-electron chi connectivity index (χ1n) is 14.7. The molecule has 0 heterocycles. The second kappa shape index (κ2) is 17.2. The van der Waals surface area contributed by atoms with Crippen LogP contribution in [0.3, 0.4) is 0 Å². The maximum Gasteiger partial charge on any atom is 0.236 e. The Labute approximate surface area is 273 Å². The van der Waals surface area contributed by atoms with Crippen LogP contribution in [-0.4, -0.2) is 67.0 Å². The third kappa shape index (κ3) is 16.5. The van der Waals surface area contributed by atoms with Crippen LogP contribution < -0.4 is 0 Å². The van der Waals surface area contributed by atoms with Gasteiger partial charge in [0.2, 0.25) is 8.08 Å². The average Bonchev–Trinajstić information content (AvgIpc) is 2.71. The van der Waals surface area contributed by atoms with Crippen molar-refractivity contribution in [1.82, 2.24) is 0 Å². The Hall–Kier alpha value is 0.604. The molecule has 0 unspecified atom stereocenters. The van der Waals surface area contributed by atoms with E-state index in [9.17, 15) is 0 Å². The molecule has 0 aliphatic rings. The zero-order chi connectivity index (χ0) is 31.8. The Morgan fingerprint density at radius 2 is 1.00 bits per heavy atom. The Morgan fingerprint density at radius 1 is 0.675 bits per heavy atom. The third-order valence-electron chi connectivity index (χ3n) is 9.06. The van der Waals surface area contributed by atoms with E-state index in [1.54, 1.807) is 0 Å². The van der Waals surface area contributed by atoms with Crippen molar-refractivity contribution in [2.45, 2.75) is 156 Å². The standard InChI is InChI=1S/C20H37OSi4.2C6H15Si.Ge/c1-17(18-15-13-12-14-16-18)21-23(25(10,11)20(5,6)7)22-24(8,9)19(2,3)4;2*1-6(2,3)7(4)5;/h12-16H,1H2,2-11H3;2*1-5H3;. The minimum Gasteiger partial charge on any atom is -0.549 e. The predicted molar refractivity (Wildman–Crippen MR) is 203 cm³/mol. The number of benzene rings is 1. The molecule has 0 fully saturated rings. The Bertz CT molecular complexity index is 821. The fraction of sp³-hybridized carbons (Fsp3) is 0.750. The van der Waals surface area contributed by atoms with Crippen LogP contribution >= 0.6 is 0 Å². The Kier molecular flexibility index (Phi) is 19.3. The molecule has 0 saturated carbocycles. The van der Waals surface area contributed by atoms with E-state index in [0.717, 1.165) is 19.9 Å². The summed E-state index contributed by atoms with van der Waals surface area (Å²) in [6.07, 6.45) is 0. The zero-order valence-electron chi connectivity index (χ0n) is 30.5. The smallest absolute Gasteiger partial charge is 0.236 e. The van der Waals surface area contributed by atoms with Crippen molar-refractivity contribution in [3.63, 3.8) is 0 Å². The van der Waals surface area contributed by atoms with E-state index in [1.165, 1.54) is 0 Å². The molecule has 0 atom stereocenters. The minimum atomic E-state index is -1.55. The summed E-state index contributed by atoms with van der Waals surface area (Å²) in [5.74, 6) is 0.880. The maximum atomic E-state index is 6.78. The molecule has 1 aromatic carbocycles. The zero-order valence-corrected chi connectivity index (χ0v) is 38.6. The van der Waals surface area contributed by atoms with Crippen molar-refractivity contribution < 1.29 is 4.43 Å². The molecule has 0 N–H and O–H groups in total. The molecule has 229 valence electrons. The first-order chi connectivity index (χ1) is 17.0. The molecule has 1 rings (SSSR count). The SMILES string of the molecule is C=C(O[Si]([Si][Si](C)(C)C(C)(C)C)[Si](C)(C)C(C)(C)C)c1ccccc1.C[Si](C)C(C)(C)C.C[Si](C)C(C)(C)C.[Ge]. The van der Waals surface area contributed by atoms with Gasteiger partial charge in [-0.2, -0.15) is 0 Å². The van der Waals surface area contributed by atoms with E-state index < -0.39 is 23.3 Å². The summed E-state index contributed by atoms with van der Waals surface area (Å²) >= 11 is 0. The minimum absolute atomic E-state index is 0. The predicted octanol–water partition coefficient (Wildman–Crippen LogP) is 11.2. The van der Waals surface area contributed by atoms with Gasteiger partial charge in [0.1, 0.15) is 5.76 Å². The van der Waals surface area contributed by atoms with Gasteiger partial charge in [-0.15, -0.1) is 0 Å². The second-order valence-corrected chi connectivity index (χ2v) is 48.9. The van der Waals surface area contributed by atoms with Crippen molar-refractivity contribution in [1.29, 1.82) is 0 Å². The van der Waals surface area contributed by atoms with E-state index in [0.29, 0.717) is 20.2 Å². The summed E-state index contributed by atoms with van der Waals surface area (Å²) < 4.78 is 6.78. The molecule has 0 bridgehead atoms. The van der Waals surface area contributed by atoms with E-state index in [-0.39, 0.29) is 35.2 Å². The van der Waals surface area contributed by atoms with Gasteiger partial charge < -0.3 is 4.43 Å². The van der Waals surface area contributed by atoms with Gasteiger partial charge in [-0.25, -0.2) is 0 Å². The van der Waals surface area contributed by atoms with Gasteiger partial charge >= 0.3 is 0 Å². The van der Waals surface area contributed by atoms with E-state index >= 15 is 0 Å². The van der Waals surface area contributed by atoms with Crippen LogP contribution in [0.5, 0.6) is 0 Å². The van der Waals surface area contributed by atoms with E-state index in [4.69, 9.17) is 4.43 Å². The topological polar surface area (TPSA) is 9.23 Å². The Morgan fingerprint density at radius 3 is 1.25 bits per heavy atom. The van der Waals surface area contributed by atoms with Gasteiger partial charge in [-0.05, 0) is 20.2 Å². The van der Waals surface area contributed by atoms with Crippen LogP contribution in [0.25, 0.3) is 5.76 Å². The fourth-order valence-electron chi connectivity index (χ4n) is 1.93. The van der Waals surface area contributed by atoms with Crippen LogP contribution in [0.1, 0.15) is 88.6 Å². The van der Waals surface area contributed by atoms with Crippen LogP contribution in [0.2, 0.25) is 72.5 Å². The van der Waals surface area contributed by atoms with Gasteiger partial charge in [0.15, 0.2) is 0 Å². The summed E-state index contributed by atoms with van der Waals surface area (Å²) in [5, 5.41) is 1.95. The average molecular weight is 709 g/mol. The summed E-state index contributed by atoms with van der Waals surface area (Å²) in [6, 6.07) is 10.4. The third-order valence-corrected chi connectivity index (χ3v) is 52.7. The van der Waals surface area contributed by atoms with Crippen LogP contribution in [-0.2, 0) is 4.43 Å². The van der Waals surface area contributed by atoms with E-state index in [1.807, 2.05) is 6.07 Å². The molecule has 0 aliphatic heterocycles. The molecule has 40 heavy (non-hydrogen) atoms. The normalized spacial score (nSPS) is 13.2. The van der Waals surface area contributed by atoms with Crippen LogP contribution in [0.4, 0.5) is 0 Å². The first kappa shape index (κ1) is 45.0. The van der Waals surface area contributed by atoms with Crippen LogP contribution in [0, 0.1) is 0 Å². The number of hydrogen-bond donors (Lipinski definition) is 0. The summed E-state index contributed by atoms with van der Waals surface area (Å²) in [5.41, 5.74) is 1.13. The number of hydrogen-bond acceptors (Lipinski definition) is 1. The van der Waals surface area contributed by atoms with Gasteiger partial charge in [0.05, 0.1) is 16.1 Å². The summed E-state index contributed by atoms with van der Waals surface area (Å²) in [4.78, 5) is 0. The molecule has 0 aromatic heterocycles. The molecule has 1 nitrogen and oxygen atoms in total. The molecule has 0 spiro atoms. The summed E-state index contributed by atoms with van der Waals surface area (Å²) in [7, 11) is -2.99. The van der Waals surface area contributed by atoms with E-state index in [2.05, 4.69) is 166 Å². The van der Waals surface area contributed by atoms with Crippen molar-refractivity contribution in [2.24, 2.45) is 0 Å². The molecule has 0 amide bonds. The quantitative estimate of drug-likeness (QED) is 0.211. The molecule has 9 radical (unpaired) electrons. The van der Waals surface area contributed by atoms with Gasteiger partial charge in [0, 0.05) is 48.3 Å². The van der Waals surface area contributed by atoms with Crippen molar-refractivity contribution in [3.8, 4) is 0 Å².